The van der Waals surface area contributed by atoms with E-state index in [2.05, 4.69) is 25.8 Å². The van der Waals surface area contributed by atoms with E-state index in [1.54, 1.807) is 23.0 Å². The van der Waals surface area contributed by atoms with E-state index in [1.165, 1.54) is 0 Å². The fourth-order valence-electron chi connectivity index (χ4n) is 2.99. The molecule has 0 aliphatic carbocycles. The van der Waals surface area contributed by atoms with Gasteiger partial charge in [-0.05, 0) is 66.2 Å². The minimum atomic E-state index is -0.135. The molecule has 2 aromatic carbocycles. The van der Waals surface area contributed by atoms with Crippen LogP contribution in [0.4, 0.5) is 5.69 Å². The number of nitrogens with one attached hydrogen (secondary N) is 1. The minimum Gasteiger partial charge on any atom is -0.441 e. The molecule has 1 N–H and O–H groups in total. The first-order valence-electron chi connectivity index (χ1n) is 9.36. The number of nitrogens with zero attached hydrogens (tertiary/aromatic N) is 5. The van der Waals surface area contributed by atoms with Crippen molar-refractivity contribution in [3.63, 3.8) is 0 Å². The first kappa shape index (κ1) is 19.8. The molecule has 0 saturated heterocycles. The molecule has 1 amide bonds. The van der Waals surface area contributed by atoms with E-state index in [0.29, 0.717) is 34.6 Å². The maximum absolute atomic E-state index is 12.4. The van der Waals surface area contributed by atoms with E-state index >= 15 is 0 Å². The van der Waals surface area contributed by atoms with Gasteiger partial charge in [0.1, 0.15) is 0 Å². The van der Waals surface area contributed by atoms with Crippen molar-refractivity contribution in [3.8, 4) is 17.0 Å². The van der Waals surface area contributed by atoms with Gasteiger partial charge in [-0.1, -0.05) is 17.7 Å². The van der Waals surface area contributed by atoms with Crippen molar-refractivity contribution in [2.45, 2.75) is 26.7 Å². The van der Waals surface area contributed by atoms with Crippen molar-refractivity contribution in [3.05, 3.63) is 71.0 Å². The smallest absolute Gasteiger partial charge is 0.224 e. The second-order valence-corrected chi connectivity index (χ2v) is 7.25. The molecule has 2 aromatic heterocycles. The van der Waals surface area contributed by atoms with Gasteiger partial charge in [0.2, 0.25) is 5.91 Å². The molecule has 0 atom stereocenters. The molecule has 4 rings (SSSR count). The third-order valence-corrected chi connectivity index (χ3v) is 4.85. The van der Waals surface area contributed by atoms with E-state index in [1.807, 2.05) is 44.2 Å². The number of amides is 1. The molecule has 0 aliphatic rings. The standard InChI is InChI=1S/C21H19ClN6O2/c1-13-3-8-17(11-18(13)28-14(2)25-26-27-28)24-20(29)9-10-21-23-12-19(30-21)15-4-6-16(22)7-5-15/h3-8,11-12H,9-10H2,1-2H3,(H,24,29). The van der Waals surface area contributed by atoms with Gasteiger partial charge >= 0.3 is 0 Å². The molecule has 152 valence electrons. The maximum atomic E-state index is 12.4. The van der Waals surface area contributed by atoms with Crippen LogP contribution >= 0.6 is 11.6 Å². The second-order valence-electron chi connectivity index (χ2n) is 6.81. The predicted octanol–water partition coefficient (Wildman–Crippen LogP) is 4.16. The number of anilines is 1. The Kier molecular flexibility index (Phi) is 5.58. The van der Waals surface area contributed by atoms with Gasteiger partial charge < -0.3 is 9.73 Å². The first-order chi connectivity index (χ1) is 14.5. The molecule has 0 unspecified atom stereocenters. The van der Waals surface area contributed by atoms with Crippen molar-refractivity contribution in [2.75, 3.05) is 5.32 Å². The Morgan fingerprint density at radius 1 is 1.17 bits per heavy atom. The lowest BCUT2D eigenvalue weighted by Gasteiger charge is -2.10. The van der Waals surface area contributed by atoms with Crippen LogP contribution < -0.4 is 5.32 Å². The van der Waals surface area contributed by atoms with Crippen molar-refractivity contribution >= 4 is 23.2 Å². The number of carbonyl (C=O) groups is 1. The third-order valence-electron chi connectivity index (χ3n) is 4.59. The van der Waals surface area contributed by atoms with Crippen molar-refractivity contribution < 1.29 is 9.21 Å². The number of hydrogen-bond acceptors (Lipinski definition) is 6. The van der Waals surface area contributed by atoms with Gasteiger partial charge in [0.05, 0.1) is 11.9 Å². The van der Waals surface area contributed by atoms with E-state index in [9.17, 15) is 4.79 Å². The highest BCUT2D eigenvalue weighted by Gasteiger charge is 2.12. The number of oxazole rings is 1. The fraction of sp³-hybridized carbons (Fsp3) is 0.190. The van der Waals surface area contributed by atoms with Gasteiger partial charge in [-0.3, -0.25) is 4.79 Å². The minimum absolute atomic E-state index is 0.135. The summed E-state index contributed by atoms with van der Waals surface area (Å²) in [6.07, 6.45) is 2.29. The first-order valence-corrected chi connectivity index (χ1v) is 9.74. The van der Waals surface area contributed by atoms with Crippen LogP contribution in [0.2, 0.25) is 5.02 Å². The lowest BCUT2D eigenvalue weighted by Crippen LogP contribution is -2.13. The van der Waals surface area contributed by atoms with Crippen LogP contribution in [0.15, 0.2) is 53.1 Å². The number of hydrogen-bond donors (Lipinski definition) is 1. The molecule has 2 heterocycles. The Bertz CT molecular complexity index is 1180. The number of aromatic nitrogens is 5. The summed E-state index contributed by atoms with van der Waals surface area (Å²) in [5.41, 5.74) is 3.37. The molecule has 9 heteroatoms. The zero-order valence-electron chi connectivity index (χ0n) is 16.5. The molecule has 0 aliphatic heterocycles. The van der Waals surface area contributed by atoms with E-state index in [0.717, 1.165) is 16.8 Å². The largest absolute Gasteiger partial charge is 0.441 e. The van der Waals surface area contributed by atoms with Crippen LogP contribution in [0.25, 0.3) is 17.0 Å². The summed E-state index contributed by atoms with van der Waals surface area (Å²) >= 11 is 5.91. The average Bonchev–Trinajstić information content (AvgIpc) is 3.38. The zero-order valence-corrected chi connectivity index (χ0v) is 17.2. The van der Waals surface area contributed by atoms with Crippen LogP contribution in [-0.4, -0.2) is 31.1 Å². The summed E-state index contributed by atoms with van der Waals surface area (Å²) in [6.45, 7) is 3.78. The number of carbonyl (C=O) groups excluding carboxylic acids is 1. The van der Waals surface area contributed by atoms with E-state index < -0.39 is 0 Å². The van der Waals surface area contributed by atoms with Gasteiger partial charge in [-0.2, -0.15) is 4.68 Å². The number of rotatable bonds is 6. The van der Waals surface area contributed by atoms with Crippen molar-refractivity contribution in [1.29, 1.82) is 0 Å². The summed E-state index contributed by atoms with van der Waals surface area (Å²) in [5.74, 6) is 1.68. The fourth-order valence-corrected chi connectivity index (χ4v) is 3.11. The Balaban J connectivity index is 1.39. The van der Waals surface area contributed by atoms with Crippen molar-refractivity contribution in [1.82, 2.24) is 25.2 Å². The molecular formula is C21H19ClN6O2. The number of tetrazole rings is 1. The number of aryl methyl sites for hydroxylation is 3. The van der Waals surface area contributed by atoms with Gasteiger partial charge in [0, 0.05) is 29.1 Å². The highest BCUT2D eigenvalue weighted by atomic mass is 35.5. The molecule has 0 bridgehead atoms. The monoisotopic (exact) mass is 422 g/mol. The summed E-state index contributed by atoms with van der Waals surface area (Å²) in [5, 5.41) is 15.1. The summed E-state index contributed by atoms with van der Waals surface area (Å²) in [4.78, 5) is 16.7. The zero-order chi connectivity index (χ0) is 21.1. The summed E-state index contributed by atoms with van der Waals surface area (Å²) < 4.78 is 7.38. The number of benzene rings is 2. The Hall–Kier alpha value is -3.52. The lowest BCUT2D eigenvalue weighted by atomic mass is 10.1. The normalized spacial score (nSPS) is 10.9. The Labute approximate surface area is 177 Å². The van der Waals surface area contributed by atoms with Gasteiger partial charge in [-0.15, -0.1) is 5.10 Å². The molecule has 4 aromatic rings. The predicted molar refractivity (Wildman–Crippen MR) is 113 cm³/mol. The quantitative estimate of drug-likeness (QED) is 0.501. The van der Waals surface area contributed by atoms with Crippen LogP contribution in [0.1, 0.15) is 23.7 Å². The van der Waals surface area contributed by atoms with Gasteiger partial charge in [0.25, 0.3) is 0 Å². The Morgan fingerprint density at radius 3 is 2.70 bits per heavy atom. The highest BCUT2D eigenvalue weighted by molar-refractivity contribution is 6.30. The van der Waals surface area contributed by atoms with Crippen LogP contribution in [0, 0.1) is 13.8 Å². The van der Waals surface area contributed by atoms with Crippen molar-refractivity contribution in [2.24, 2.45) is 0 Å². The molecule has 0 saturated carbocycles. The summed E-state index contributed by atoms with van der Waals surface area (Å²) in [7, 11) is 0. The summed E-state index contributed by atoms with van der Waals surface area (Å²) in [6, 6.07) is 12.9. The average molecular weight is 423 g/mol. The highest BCUT2D eigenvalue weighted by Crippen LogP contribution is 2.23. The van der Waals surface area contributed by atoms with Crippen LogP contribution in [0.5, 0.6) is 0 Å². The van der Waals surface area contributed by atoms with Crippen LogP contribution in [0.3, 0.4) is 0 Å². The van der Waals surface area contributed by atoms with Crippen LogP contribution in [-0.2, 0) is 11.2 Å². The SMILES string of the molecule is Cc1ccc(NC(=O)CCc2ncc(-c3ccc(Cl)cc3)o2)cc1-n1nnnc1C. The molecule has 0 spiro atoms. The molecule has 0 fully saturated rings. The van der Waals surface area contributed by atoms with E-state index in [4.69, 9.17) is 16.0 Å². The molecule has 30 heavy (non-hydrogen) atoms. The van der Waals surface area contributed by atoms with Gasteiger partial charge in [0.15, 0.2) is 17.5 Å². The maximum Gasteiger partial charge on any atom is 0.224 e. The van der Waals surface area contributed by atoms with E-state index in [-0.39, 0.29) is 12.3 Å². The van der Waals surface area contributed by atoms with Gasteiger partial charge in [-0.25, -0.2) is 4.98 Å². The Morgan fingerprint density at radius 2 is 1.97 bits per heavy atom. The lowest BCUT2D eigenvalue weighted by molar-refractivity contribution is -0.116. The second kappa shape index (κ2) is 8.46. The number of halogens is 1. The molecule has 8 nitrogen and oxygen atoms in total. The molecular weight excluding hydrogens is 404 g/mol. The topological polar surface area (TPSA) is 98.7 Å². The third kappa shape index (κ3) is 4.38. The molecule has 0 radical (unpaired) electrons.